The van der Waals surface area contributed by atoms with Gasteiger partial charge in [-0.05, 0) is 0 Å². The molecule has 0 saturated heterocycles. The zero-order chi connectivity index (χ0) is 8.36. The minimum atomic E-state index is -0.349. The van der Waals surface area contributed by atoms with E-state index in [0.717, 1.165) is 0 Å². The molecule has 0 spiro atoms. The molecule has 0 unspecified atom stereocenters. The second-order valence-electron chi connectivity index (χ2n) is 1.82. The maximum Gasteiger partial charge on any atom is 0.668 e. The van der Waals surface area contributed by atoms with E-state index in [1.807, 2.05) is 0 Å². The fraction of sp³-hybridized carbons (Fsp3) is 1.00. The first kappa shape index (κ1) is 16.4. The predicted molar refractivity (Wildman–Crippen MR) is 47.2 cm³/mol. The Bertz CT molecular complexity index is 68.6. The van der Waals surface area contributed by atoms with Crippen molar-refractivity contribution < 1.29 is 17.1 Å². The van der Waals surface area contributed by atoms with Crippen LogP contribution in [0.1, 0.15) is 0 Å². The van der Waals surface area contributed by atoms with Gasteiger partial charge in [0, 0.05) is 78.8 Å². The van der Waals surface area contributed by atoms with E-state index in [0.29, 0.717) is 26.4 Å². The predicted octanol–water partition coefficient (Wildman–Crippen LogP) is -0.534. The van der Waals surface area contributed by atoms with Crippen LogP contribution >= 0.6 is 0 Å². The summed E-state index contributed by atoms with van der Waals surface area (Å²) in [6.45, 7) is 2.47. The zero-order valence-corrected chi connectivity index (χ0v) is 12.3. The molecule has 0 aliphatic rings. The smallest absolute Gasteiger partial charge is 0.482 e. The minimum absolute atomic E-state index is 0. The van der Waals surface area contributed by atoms with Gasteiger partial charge in [0.05, 0.1) is 13.2 Å². The molecule has 6 heteroatoms. The van der Waals surface area contributed by atoms with E-state index in [4.69, 9.17) is 17.1 Å². The van der Waals surface area contributed by atoms with Crippen molar-refractivity contribution in [2.75, 3.05) is 40.6 Å². The van der Waals surface area contributed by atoms with Gasteiger partial charge in [-0.1, -0.05) is 0 Å². The molecular formula is C6H14AlKO4. The first-order valence-electron chi connectivity index (χ1n) is 3.44. The summed E-state index contributed by atoms with van der Waals surface area (Å²) < 4.78 is 19.8. The Balaban J connectivity index is 0. The SMILES string of the molecule is COCC[O][Al][O]CCOC.[K]. The van der Waals surface area contributed by atoms with Gasteiger partial charge in [0.2, 0.25) is 0 Å². The summed E-state index contributed by atoms with van der Waals surface area (Å²) in [4.78, 5) is 0. The second kappa shape index (κ2) is 15.5. The van der Waals surface area contributed by atoms with Crippen LogP contribution in [0, 0.1) is 0 Å². The average molecular weight is 216 g/mol. The molecule has 0 amide bonds. The van der Waals surface area contributed by atoms with E-state index in [1.165, 1.54) is 0 Å². The number of hydrogen-bond acceptors (Lipinski definition) is 4. The Morgan fingerprint density at radius 3 is 1.58 bits per heavy atom. The molecule has 0 aromatic carbocycles. The van der Waals surface area contributed by atoms with E-state index in [-0.39, 0.29) is 67.3 Å². The summed E-state index contributed by atoms with van der Waals surface area (Å²) in [5.41, 5.74) is 0. The van der Waals surface area contributed by atoms with Crippen LogP contribution in [-0.2, 0) is 17.1 Å². The van der Waals surface area contributed by atoms with Gasteiger partial charge in [-0.2, -0.15) is 0 Å². The van der Waals surface area contributed by atoms with Crippen LogP contribution in [0.4, 0.5) is 0 Å². The third-order valence-electron chi connectivity index (χ3n) is 0.947. The van der Waals surface area contributed by atoms with Crippen molar-refractivity contribution >= 4 is 67.3 Å². The fourth-order valence-corrected chi connectivity index (χ4v) is 0.888. The molecule has 2 radical (unpaired) electrons. The van der Waals surface area contributed by atoms with Crippen LogP contribution in [0.25, 0.3) is 0 Å². The molecule has 0 aliphatic carbocycles. The van der Waals surface area contributed by atoms with Gasteiger partial charge in [0.25, 0.3) is 0 Å². The number of hydrogen-bond donors (Lipinski definition) is 0. The molecule has 0 aromatic rings. The van der Waals surface area contributed by atoms with Gasteiger partial charge in [-0.25, -0.2) is 0 Å². The molecule has 0 N–H and O–H groups in total. The molecule has 12 heavy (non-hydrogen) atoms. The summed E-state index contributed by atoms with van der Waals surface area (Å²) in [6, 6.07) is 0. The van der Waals surface area contributed by atoms with Crippen LogP contribution in [0.5, 0.6) is 0 Å². The Morgan fingerprint density at radius 2 is 1.25 bits per heavy atom. The van der Waals surface area contributed by atoms with Crippen molar-refractivity contribution in [2.45, 2.75) is 0 Å². The molecular weight excluding hydrogens is 202 g/mol. The molecule has 0 atom stereocenters. The third kappa shape index (κ3) is 14.5. The second-order valence-corrected chi connectivity index (χ2v) is 2.68. The number of rotatable bonds is 8. The molecule has 0 bridgehead atoms. The molecule has 0 heterocycles. The maximum absolute atomic E-state index is 5.10. The normalized spacial score (nSPS) is 9.17. The Morgan fingerprint density at radius 1 is 0.833 bits per heavy atom. The Labute approximate surface area is 123 Å². The average Bonchev–Trinajstić information content (AvgIpc) is 2.03. The zero-order valence-electron chi connectivity index (χ0n) is 8.04. The van der Waals surface area contributed by atoms with Gasteiger partial charge < -0.3 is 17.1 Å². The summed E-state index contributed by atoms with van der Waals surface area (Å²) in [7, 11) is 3.29. The molecule has 0 saturated carbocycles. The summed E-state index contributed by atoms with van der Waals surface area (Å²) >= 11 is -0.349. The molecule has 66 valence electrons. The summed E-state index contributed by atoms with van der Waals surface area (Å²) in [6.07, 6.45) is 0. The van der Waals surface area contributed by atoms with Gasteiger partial charge >= 0.3 is 15.9 Å². The van der Waals surface area contributed by atoms with Gasteiger partial charge in [-0.3, -0.25) is 0 Å². The fourth-order valence-electron chi connectivity index (χ4n) is 0.407. The van der Waals surface area contributed by atoms with Gasteiger partial charge in [0.15, 0.2) is 0 Å². The summed E-state index contributed by atoms with van der Waals surface area (Å²) in [5.74, 6) is 0. The van der Waals surface area contributed by atoms with Crippen molar-refractivity contribution in [3.05, 3.63) is 0 Å². The van der Waals surface area contributed by atoms with Crippen LogP contribution in [0.3, 0.4) is 0 Å². The largest absolute Gasteiger partial charge is 0.668 e. The van der Waals surface area contributed by atoms with Crippen molar-refractivity contribution in [3.8, 4) is 0 Å². The molecule has 0 rings (SSSR count). The van der Waals surface area contributed by atoms with Crippen LogP contribution in [0.2, 0.25) is 0 Å². The van der Waals surface area contributed by atoms with Crippen LogP contribution in [0.15, 0.2) is 0 Å². The van der Waals surface area contributed by atoms with Crippen molar-refractivity contribution in [1.82, 2.24) is 0 Å². The quantitative estimate of drug-likeness (QED) is 0.403. The number of methoxy groups -OCH3 is 2. The van der Waals surface area contributed by atoms with Gasteiger partial charge in [-0.15, -0.1) is 0 Å². The monoisotopic (exact) mass is 216 g/mol. The first-order chi connectivity index (χ1) is 5.41. The Hall–Kier alpha value is 2.01. The number of ether oxygens (including phenoxy) is 2. The molecule has 0 aliphatic heterocycles. The van der Waals surface area contributed by atoms with Crippen LogP contribution < -0.4 is 0 Å². The van der Waals surface area contributed by atoms with E-state index < -0.39 is 0 Å². The molecule has 4 nitrogen and oxygen atoms in total. The van der Waals surface area contributed by atoms with Gasteiger partial charge in [0.1, 0.15) is 0 Å². The van der Waals surface area contributed by atoms with E-state index in [1.54, 1.807) is 14.2 Å². The van der Waals surface area contributed by atoms with E-state index in [2.05, 4.69) is 0 Å². The molecule has 0 aromatic heterocycles. The van der Waals surface area contributed by atoms with E-state index in [9.17, 15) is 0 Å². The van der Waals surface area contributed by atoms with E-state index >= 15 is 0 Å². The van der Waals surface area contributed by atoms with Crippen molar-refractivity contribution in [1.29, 1.82) is 0 Å². The maximum atomic E-state index is 5.10. The van der Waals surface area contributed by atoms with Crippen molar-refractivity contribution in [3.63, 3.8) is 0 Å². The molecule has 0 fully saturated rings. The van der Waals surface area contributed by atoms with Crippen molar-refractivity contribution in [2.24, 2.45) is 0 Å². The third-order valence-corrected chi connectivity index (χ3v) is 1.69. The standard InChI is InChI=1S/2C3H7O2.Al.K/c2*1-5-3-2-4;;/h2*2-3H2,1H3;;/q2*-1;+2;. The topological polar surface area (TPSA) is 36.9 Å². The Kier molecular flexibility index (Phi) is 21.2. The summed E-state index contributed by atoms with van der Waals surface area (Å²) in [5, 5.41) is 0. The van der Waals surface area contributed by atoms with Crippen LogP contribution in [-0.4, -0.2) is 108 Å². The minimum Gasteiger partial charge on any atom is -0.482 e. The first-order valence-corrected chi connectivity index (χ1v) is 4.39.